The van der Waals surface area contributed by atoms with E-state index in [1.165, 1.54) is 0 Å². The van der Waals surface area contributed by atoms with Gasteiger partial charge in [0.1, 0.15) is 5.69 Å². The SMILES string of the molecule is [N-]=[N+]=NC1(N=[N+]=[N-])C(=O)Nc2c(cc([N+](=O)[O-])cc2[N+](=O)[O-])C1=O. The first kappa shape index (κ1) is 16.2. The maximum atomic E-state index is 12.4. The van der Waals surface area contributed by atoms with Crippen molar-refractivity contribution in [3.8, 4) is 0 Å². The summed E-state index contributed by atoms with van der Waals surface area (Å²) < 4.78 is 0. The number of hydrogen-bond donors (Lipinski definition) is 1. The van der Waals surface area contributed by atoms with E-state index in [9.17, 15) is 29.8 Å². The lowest BCUT2D eigenvalue weighted by Crippen LogP contribution is -2.50. The van der Waals surface area contributed by atoms with Crippen LogP contribution < -0.4 is 5.32 Å². The fourth-order valence-corrected chi connectivity index (χ4v) is 1.99. The molecule has 2 rings (SSSR count). The topological polar surface area (TPSA) is 230 Å². The van der Waals surface area contributed by atoms with Crippen molar-refractivity contribution in [3.63, 3.8) is 0 Å². The molecule has 0 fully saturated rings. The minimum absolute atomic E-state index is 0.542. The second-order valence-corrected chi connectivity index (χ2v) is 4.24. The van der Waals surface area contributed by atoms with E-state index < -0.39 is 49.8 Å². The van der Waals surface area contributed by atoms with Crippen molar-refractivity contribution in [3.05, 3.63) is 58.8 Å². The maximum absolute atomic E-state index is 12.4. The lowest BCUT2D eigenvalue weighted by Gasteiger charge is -2.27. The Kier molecular flexibility index (Phi) is 3.72. The van der Waals surface area contributed by atoms with Crippen molar-refractivity contribution in [2.24, 2.45) is 10.2 Å². The molecule has 0 saturated carbocycles. The number of nitrogens with one attached hydrogen (secondary N) is 1. The van der Waals surface area contributed by atoms with Gasteiger partial charge in [-0.3, -0.25) is 29.8 Å². The number of nitro benzene ring substituents is 2. The zero-order chi connectivity index (χ0) is 18.1. The van der Waals surface area contributed by atoms with Crippen molar-refractivity contribution in [1.29, 1.82) is 0 Å². The number of fused-ring (bicyclic) bond motifs is 1. The number of ketones is 1. The van der Waals surface area contributed by atoms with Gasteiger partial charge in [-0.2, -0.15) is 0 Å². The first-order chi connectivity index (χ1) is 11.3. The molecule has 1 aromatic carbocycles. The van der Waals surface area contributed by atoms with Crippen LogP contribution in [-0.4, -0.2) is 27.2 Å². The summed E-state index contributed by atoms with van der Waals surface area (Å²) >= 11 is 0. The number of rotatable bonds is 4. The summed E-state index contributed by atoms with van der Waals surface area (Å²) in [5.74, 6) is -2.85. The number of non-ortho nitro benzene ring substituents is 1. The quantitative estimate of drug-likeness (QED) is 0.216. The van der Waals surface area contributed by atoms with E-state index >= 15 is 0 Å². The molecular weight excluding hydrogens is 330 g/mol. The van der Waals surface area contributed by atoms with Crippen molar-refractivity contribution >= 4 is 28.8 Å². The molecule has 0 atom stereocenters. The fraction of sp³-hybridized carbons (Fsp3) is 0.111. The highest BCUT2D eigenvalue weighted by Crippen LogP contribution is 2.40. The molecule has 1 amide bonds. The van der Waals surface area contributed by atoms with Gasteiger partial charge in [0.15, 0.2) is 5.78 Å². The number of amides is 1. The molecule has 1 aliphatic rings. The monoisotopic (exact) mass is 333 g/mol. The van der Waals surface area contributed by atoms with Crippen LogP contribution in [0.4, 0.5) is 17.1 Å². The van der Waals surface area contributed by atoms with E-state index in [0.717, 1.165) is 0 Å². The molecule has 0 spiro atoms. The predicted molar refractivity (Wildman–Crippen MR) is 73.7 cm³/mol. The Morgan fingerprint density at radius 1 is 1.08 bits per heavy atom. The number of hydrogen-bond acceptors (Lipinski definition) is 8. The molecule has 120 valence electrons. The smallest absolute Gasteiger partial charge is 0.300 e. The third kappa shape index (κ3) is 2.19. The van der Waals surface area contributed by atoms with Crippen molar-refractivity contribution in [1.82, 2.24) is 0 Å². The average molecular weight is 333 g/mol. The minimum atomic E-state index is -2.92. The molecular formula is C9H3N9O6. The van der Waals surface area contributed by atoms with Gasteiger partial charge in [0.05, 0.1) is 21.5 Å². The largest absolute Gasteiger partial charge is 0.319 e. The number of anilines is 1. The van der Waals surface area contributed by atoms with Crippen LogP contribution in [0.1, 0.15) is 10.4 Å². The minimum Gasteiger partial charge on any atom is -0.319 e. The number of nitrogens with zero attached hydrogens (tertiary/aromatic N) is 8. The second kappa shape index (κ2) is 5.53. The molecule has 0 radical (unpaired) electrons. The first-order valence-electron chi connectivity index (χ1n) is 5.74. The molecule has 0 saturated heterocycles. The Hall–Kier alpha value is -4.22. The third-order valence-corrected chi connectivity index (χ3v) is 3.01. The Morgan fingerprint density at radius 2 is 1.67 bits per heavy atom. The summed E-state index contributed by atoms with van der Waals surface area (Å²) in [5, 5.41) is 29.6. The van der Waals surface area contributed by atoms with E-state index in [1.54, 1.807) is 0 Å². The standard InChI is InChI=1S/C9H3N9O6/c10-15-13-9(14-16-11)7(19)4-1-3(17(21)22)2-5(18(23)24)6(4)12-8(9)20/h1-2H,(H,12,20). The normalized spacial score (nSPS) is 18.5. The zero-order valence-electron chi connectivity index (χ0n) is 11.2. The molecule has 15 nitrogen and oxygen atoms in total. The summed E-state index contributed by atoms with van der Waals surface area (Å²) in [5.41, 5.74) is 11.0. The van der Waals surface area contributed by atoms with Crippen LogP contribution in [0.3, 0.4) is 0 Å². The Morgan fingerprint density at radius 3 is 2.12 bits per heavy atom. The van der Waals surface area contributed by atoms with Gasteiger partial charge in [0.2, 0.25) is 0 Å². The van der Waals surface area contributed by atoms with Crippen molar-refractivity contribution in [2.75, 3.05) is 5.32 Å². The first-order valence-corrected chi connectivity index (χ1v) is 5.74. The molecule has 1 aromatic rings. The van der Waals surface area contributed by atoms with Crippen LogP contribution in [-0.2, 0) is 4.79 Å². The predicted octanol–water partition coefficient (Wildman–Crippen LogP) is 1.95. The van der Waals surface area contributed by atoms with Gasteiger partial charge in [-0.25, -0.2) is 0 Å². The van der Waals surface area contributed by atoms with E-state index in [4.69, 9.17) is 11.1 Å². The zero-order valence-corrected chi connectivity index (χ0v) is 11.2. The maximum Gasteiger partial charge on any atom is 0.300 e. The van der Waals surface area contributed by atoms with Gasteiger partial charge < -0.3 is 5.32 Å². The number of nitro groups is 2. The summed E-state index contributed by atoms with van der Waals surface area (Å²) in [4.78, 5) is 48.8. The number of Topliss-reactive ketones (excluding diaryl/α,β-unsaturated/α-hetero) is 1. The average Bonchev–Trinajstić information content (AvgIpc) is 2.52. The lowest BCUT2D eigenvalue weighted by molar-refractivity contribution is -0.393. The summed E-state index contributed by atoms with van der Waals surface area (Å²) in [6.07, 6.45) is 0. The molecule has 24 heavy (non-hydrogen) atoms. The van der Waals surface area contributed by atoms with Crippen LogP contribution >= 0.6 is 0 Å². The molecule has 1 aliphatic heterocycles. The summed E-state index contributed by atoms with van der Waals surface area (Å²) in [7, 11) is 0. The van der Waals surface area contributed by atoms with Crippen LogP contribution in [0.5, 0.6) is 0 Å². The van der Waals surface area contributed by atoms with Gasteiger partial charge in [-0.05, 0) is 11.1 Å². The summed E-state index contributed by atoms with van der Waals surface area (Å²) in [6.45, 7) is 0. The second-order valence-electron chi connectivity index (χ2n) is 4.24. The van der Waals surface area contributed by atoms with Crippen LogP contribution in [0, 0.1) is 20.2 Å². The highest BCUT2D eigenvalue weighted by atomic mass is 16.6. The molecule has 15 heteroatoms. The Labute approximate surface area is 129 Å². The Bertz CT molecular complexity index is 892. The van der Waals surface area contributed by atoms with E-state index in [0.29, 0.717) is 12.1 Å². The van der Waals surface area contributed by atoms with E-state index in [2.05, 4.69) is 20.1 Å². The molecule has 0 aliphatic carbocycles. The van der Waals surface area contributed by atoms with E-state index in [1.807, 2.05) is 5.32 Å². The van der Waals surface area contributed by atoms with E-state index in [-0.39, 0.29) is 0 Å². The fourth-order valence-electron chi connectivity index (χ4n) is 1.99. The molecule has 0 unspecified atom stereocenters. The summed E-state index contributed by atoms with van der Waals surface area (Å²) in [6, 6.07) is 1.18. The number of carbonyl (C=O) groups excluding carboxylic acids is 2. The number of azide groups is 1. The van der Waals surface area contributed by atoms with Gasteiger partial charge in [0.25, 0.3) is 22.9 Å². The van der Waals surface area contributed by atoms with Gasteiger partial charge in [-0.1, -0.05) is 10.2 Å². The highest BCUT2D eigenvalue weighted by molar-refractivity contribution is 6.28. The van der Waals surface area contributed by atoms with Gasteiger partial charge in [-0.15, -0.1) is 0 Å². The Balaban J connectivity index is 2.88. The van der Waals surface area contributed by atoms with Gasteiger partial charge >= 0.3 is 0 Å². The van der Waals surface area contributed by atoms with Crippen molar-refractivity contribution < 1.29 is 19.4 Å². The van der Waals surface area contributed by atoms with Crippen LogP contribution in [0.2, 0.25) is 0 Å². The molecule has 0 aromatic heterocycles. The third-order valence-electron chi connectivity index (χ3n) is 3.01. The molecule has 1 N–H and O–H groups in total. The van der Waals surface area contributed by atoms with Crippen LogP contribution in [0.25, 0.3) is 20.9 Å². The lowest BCUT2D eigenvalue weighted by atomic mass is 9.91. The van der Waals surface area contributed by atoms with Crippen molar-refractivity contribution in [2.45, 2.75) is 5.66 Å². The number of carbonyl (C=O) groups is 2. The molecule has 0 bridgehead atoms. The molecule has 1 heterocycles. The number of benzene rings is 1. The highest BCUT2D eigenvalue weighted by Gasteiger charge is 2.51. The van der Waals surface area contributed by atoms with Gasteiger partial charge in [0, 0.05) is 15.9 Å². The van der Waals surface area contributed by atoms with Crippen LogP contribution in [0.15, 0.2) is 22.4 Å².